The molecule has 1 amide bonds. The molecular weight excluding hydrogens is 413 g/mol. The number of carbonyl (C=O) groups is 1. The first-order chi connectivity index (χ1) is 13.8. The smallest absolute Gasteiger partial charge is 0.252 e. The van der Waals surface area contributed by atoms with E-state index in [0.717, 1.165) is 34.5 Å². The molecule has 0 aliphatic carbocycles. The number of benzene rings is 1. The number of H-pyrrole nitrogens is 1. The SMILES string of the molecule is Cc1[nH]c2ccc(F)cc2c1CC(=O)NCc1ccc(S(=O)(=O)N2CCCC2)s1. The van der Waals surface area contributed by atoms with Crippen LogP contribution < -0.4 is 5.32 Å². The van der Waals surface area contributed by atoms with Gasteiger partial charge in [-0.05, 0) is 55.7 Å². The van der Waals surface area contributed by atoms with Crippen LogP contribution in [0.2, 0.25) is 0 Å². The number of amides is 1. The normalized spacial score (nSPS) is 15.2. The molecule has 0 radical (unpaired) electrons. The van der Waals surface area contributed by atoms with Gasteiger partial charge in [-0.1, -0.05) is 0 Å². The molecule has 9 heteroatoms. The summed E-state index contributed by atoms with van der Waals surface area (Å²) >= 11 is 1.18. The van der Waals surface area contributed by atoms with Gasteiger partial charge in [0, 0.05) is 34.6 Å². The Morgan fingerprint density at radius 1 is 1.24 bits per heavy atom. The van der Waals surface area contributed by atoms with Crippen molar-refractivity contribution in [1.29, 1.82) is 0 Å². The zero-order valence-corrected chi connectivity index (χ0v) is 17.6. The zero-order chi connectivity index (χ0) is 20.6. The molecule has 1 fully saturated rings. The summed E-state index contributed by atoms with van der Waals surface area (Å²) in [5.41, 5.74) is 2.39. The molecule has 4 rings (SSSR count). The molecule has 1 aliphatic rings. The van der Waals surface area contributed by atoms with Crippen LogP contribution in [0.5, 0.6) is 0 Å². The van der Waals surface area contributed by atoms with Crippen molar-refractivity contribution in [3.8, 4) is 0 Å². The molecular formula is C20H22FN3O3S2. The molecule has 6 nitrogen and oxygen atoms in total. The molecule has 3 aromatic rings. The predicted octanol–water partition coefficient (Wildman–Crippen LogP) is 3.32. The van der Waals surface area contributed by atoms with Crippen LogP contribution in [-0.4, -0.2) is 36.7 Å². The van der Waals surface area contributed by atoms with Gasteiger partial charge >= 0.3 is 0 Å². The fraction of sp³-hybridized carbons (Fsp3) is 0.350. The number of carbonyl (C=O) groups excluding carboxylic acids is 1. The number of aromatic nitrogens is 1. The molecule has 154 valence electrons. The van der Waals surface area contributed by atoms with E-state index in [1.807, 2.05) is 6.92 Å². The average Bonchev–Trinajstić information content (AvgIpc) is 3.42. The third-order valence-corrected chi connectivity index (χ3v) is 8.63. The molecule has 1 aromatic carbocycles. The number of halogens is 1. The molecule has 0 unspecified atom stereocenters. The highest BCUT2D eigenvalue weighted by Crippen LogP contribution is 2.27. The number of aromatic amines is 1. The third kappa shape index (κ3) is 4.08. The number of sulfonamides is 1. The van der Waals surface area contributed by atoms with E-state index in [1.165, 1.54) is 27.8 Å². The Morgan fingerprint density at radius 2 is 2.00 bits per heavy atom. The van der Waals surface area contributed by atoms with Crippen molar-refractivity contribution in [3.05, 3.63) is 52.3 Å². The maximum Gasteiger partial charge on any atom is 0.252 e. The highest BCUT2D eigenvalue weighted by atomic mass is 32.2. The van der Waals surface area contributed by atoms with Crippen LogP contribution in [0, 0.1) is 12.7 Å². The average molecular weight is 436 g/mol. The topological polar surface area (TPSA) is 82.3 Å². The molecule has 0 spiro atoms. The maximum absolute atomic E-state index is 13.6. The number of fused-ring (bicyclic) bond motifs is 1. The van der Waals surface area contributed by atoms with Crippen LogP contribution in [0.1, 0.15) is 29.0 Å². The first-order valence-electron chi connectivity index (χ1n) is 9.47. The fourth-order valence-electron chi connectivity index (χ4n) is 3.64. The van der Waals surface area contributed by atoms with Gasteiger partial charge in [-0.25, -0.2) is 12.8 Å². The summed E-state index contributed by atoms with van der Waals surface area (Å²) in [5, 5.41) is 3.54. The van der Waals surface area contributed by atoms with Crippen LogP contribution in [0.3, 0.4) is 0 Å². The Morgan fingerprint density at radius 3 is 2.76 bits per heavy atom. The molecule has 0 saturated carbocycles. The van der Waals surface area contributed by atoms with Crippen molar-refractivity contribution in [2.45, 2.75) is 36.9 Å². The summed E-state index contributed by atoms with van der Waals surface area (Å²) in [6.45, 7) is 3.25. The van der Waals surface area contributed by atoms with Crippen molar-refractivity contribution >= 4 is 38.2 Å². The number of rotatable bonds is 6. The van der Waals surface area contributed by atoms with Crippen LogP contribution in [0.25, 0.3) is 10.9 Å². The summed E-state index contributed by atoms with van der Waals surface area (Å²) in [4.78, 5) is 16.4. The van der Waals surface area contributed by atoms with Gasteiger partial charge in [0.1, 0.15) is 10.0 Å². The van der Waals surface area contributed by atoms with Crippen molar-refractivity contribution in [1.82, 2.24) is 14.6 Å². The summed E-state index contributed by atoms with van der Waals surface area (Å²) < 4.78 is 40.6. The van der Waals surface area contributed by atoms with Crippen molar-refractivity contribution in [2.24, 2.45) is 0 Å². The highest BCUT2D eigenvalue weighted by Gasteiger charge is 2.28. The lowest BCUT2D eigenvalue weighted by atomic mass is 10.1. The van der Waals surface area contributed by atoms with E-state index in [4.69, 9.17) is 0 Å². The monoisotopic (exact) mass is 435 g/mol. The van der Waals surface area contributed by atoms with E-state index in [-0.39, 0.29) is 24.7 Å². The minimum atomic E-state index is -3.43. The summed E-state index contributed by atoms with van der Waals surface area (Å²) in [6, 6.07) is 7.81. The van der Waals surface area contributed by atoms with Gasteiger partial charge in [0.25, 0.3) is 10.0 Å². The van der Waals surface area contributed by atoms with Gasteiger partial charge in [-0.15, -0.1) is 11.3 Å². The largest absolute Gasteiger partial charge is 0.358 e. The molecule has 29 heavy (non-hydrogen) atoms. The van der Waals surface area contributed by atoms with Crippen molar-refractivity contribution in [2.75, 3.05) is 13.1 Å². The number of hydrogen-bond donors (Lipinski definition) is 2. The lowest BCUT2D eigenvalue weighted by molar-refractivity contribution is -0.120. The maximum atomic E-state index is 13.6. The van der Waals surface area contributed by atoms with E-state index in [9.17, 15) is 17.6 Å². The number of nitrogens with zero attached hydrogens (tertiary/aromatic N) is 1. The molecule has 1 aliphatic heterocycles. The first-order valence-corrected chi connectivity index (χ1v) is 11.7. The van der Waals surface area contributed by atoms with E-state index in [0.29, 0.717) is 22.7 Å². The molecule has 2 N–H and O–H groups in total. The van der Waals surface area contributed by atoms with Crippen LogP contribution >= 0.6 is 11.3 Å². The Labute approximate surface area is 172 Å². The zero-order valence-electron chi connectivity index (χ0n) is 16.0. The summed E-state index contributed by atoms with van der Waals surface area (Å²) in [5.74, 6) is -0.543. The quantitative estimate of drug-likeness (QED) is 0.623. The van der Waals surface area contributed by atoms with E-state index >= 15 is 0 Å². The standard InChI is InChI=1S/C20H22FN3O3S2/c1-13-16(17-10-14(21)4-6-18(17)23-13)11-19(25)22-12-15-5-7-20(28-15)29(26,27)24-8-2-3-9-24/h4-7,10,23H,2-3,8-9,11-12H2,1H3,(H,22,25). The van der Waals surface area contributed by atoms with Gasteiger partial charge in [0.15, 0.2) is 0 Å². The fourth-order valence-corrected chi connectivity index (χ4v) is 6.61. The highest BCUT2D eigenvalue weighted by molar-refractivity contribution is 7.91. The van der Waals surface area contributed by atoms with E-state index in [1.54, 1.807) is 18.2 Å². The summed E-state index contributed by atoms with van der Waals surface area (Å²) in [7, 11) is -3.43. The van der Waals surface area contributed by atoms with E-state index < -0.39 is 10.0 Å². The van der Waals surface area contributed by atoms with E-state index in [2.05, 4.69) is 10.3 Å². The van der Waals surface area contributed by atoms with Gasteiger partial charge in [-0.3, -0.25) is 4.79 Å². The number of nitrogens with one attached hydrogen (secondary N) is 2. The second-order valence-electron chi connectivity index (χ2n) is 7.20. The van der Waals surface area contributed by atoms with Gasteiger partial charge < -0.3 is 10.3 Å². The Hall–Kier alpha value is -2.23. The Balaban J connectivity index is 1.41. The Bertz CT molecular complexity index is 1160. The molecule has 1 saturated heterocycles. The van der Waals surface area contributed by atoms with Crippen molar-refractivity contribution in [3.63, 3.8) is 0 Å². The first kappa shape index (κ1) is 20.1. The van der Waals surface area contributed by atoms with Crippen molar-refractivity contribution < 1.29 is 17.6 Å². The van der Waals surface area contributed by atoms with Crippen LogP contribution in [0.4, 0.5) is 4.39 Å². The lowest BCUT2D eigenvalue weighted by Gasteiger charge is -2.13. The Kier molecular flexibility index (Phi) is 5.46. The third-order valence-electron chi connectivity index (χ3n) is 5.17. The van der Waals surface area contributed by atoms with Crippen LogP contribution in [0.15, 0.2) is 34.5 Å². The molecule has 2 aromatic heterocycles. The second kappa shape index (κ2) is 7.89. The van der Waals surface area contributed by atoms with Gasteiger partial charge in [0.05, 0.1) is 13.0 Å². The molecule has 0 atom stereocenters. The summed E-state index contributed by atoms with van der Waals surface area (Å²) in [6.07, 6.45) is 1.91. The van der Waals surface area contributed by atoms with Crippen LogP contribution in [-0.2, 0) is 27.8 Å². The predicted molar refractivity (Wildman–Crippen MR) is 111 cm³/mol. The minimum Gasteiger partial charge on any atom is -0.358 e. The van der Waals surface area contributed by atoms with Gasteiger partial charge in [-0.2, -0.15) is 4.31 Å². The number of hydrogen-bond acceptors (Lipinski definition) is 4. The second-order valence-corrected chi connectivity index (χ2v) is 10.5. The minimum absolute atomic E-state index is 0.125. The number of aryl methyl sites for hydroxylation is 1. The van der Waals surface area contributed by atoms with Gasteiger partial charge in [0.2, 0.25) is 5.91 Å². The lowest BCUT2D eigenvalue weighted by Crippen LogP contribution is -2.27. The molecule has 3 heterocycles. The molecule has 0 bridgehead atoms. The number of thiophene rings is 1.